The maximum Gasteiger partial charge on any atom is 0.387 e. The second kappa shape index (κ2) is 7.77. The number of hydrogen-bond donors (Lipinski definition) is 1. The molecule has 1 atom stereocenters. The molecule has 26 heavy (non-hydrogen) atoms. The van der Waals surface area contributed by atoms with Crippen molar-refractivity contribution in [3.63, 3.8) is 0 Å². The van der Waals surface area contributed by atoms with Crippen LogP contribution in [0.5, 0.6) is 5.75 Å². The van der Waals surface area contributed by atoms with Crippen molar-refractivity contribution in [1.29, 1.82) is 0 Å². The number of halogens is 2. The highest BCUT2D eigenvalue weighted by molar-refractivity contribution is 7.15. The molecule has 138 valence electrons. The monoisotopic (exact) mass is 381 g/mol. The van der Waals surface area contributed by atoms with Crippen molar-refractivity contribution in [3.8, 4) is 5.75 Å². The summed E-state index contributed by atoms with van der Waals surface area (Å²) in [4.78, 5) is 31.2. The van der Waals surface area contributed by atoms with Crippen molar-refractivity contribution < 1.29 is 23.1 Å². The summed E-state index contributed by atoms with van der Waals surface area (Å²) in [6.07, 6.45) is 2.39. The minimum absolute atomic E-state index is 0.0462. The number of carbonyl (C=O) groups is 2. The molecule has 9 heteroatoms. The summed E-state index contributed by atoms with van der Waals surface area (Å²) < 4.78 is 28.7. The van der Waals surface area contributed by atoms with Gasteiger partial charge < -0.3 is 15.0 Å². The number of hydrogen-bond acceptors (Lipinski definition) is 5. The van der Waals surface area contributed by atoms with E-state index < -0.39 is 12.7 Å². The van der Waals surface area contributed by atoms with Gasteiger partial charge >= 0.3 is 6.61 Å². The Balaban J connectivity index is 1.66. The molecule has 0 saturated carbocycles. The molecule has 1 aliphatic rings. The minimum atomic E-state index is -2.89. The molecule has 2 aromatic rings. The largest absolute Gasteiger partial charge is 0.435 e. The van der Waals surface area contributed by atoms with E-state index in [9.17, 15) is 18.4 Å². The second-order valence-electron chi connectivity index (χ2n) is 5.86. The quantitative estimate of drug-likeness (QED) is 0.834. The van der Waals surface area contributed by atoms with Crippen LogP contribution in [0.25, 0.3) is 0 Å². The van der Waals surface area contributed by atoms with Crippen molar-refractivity contribution in [2.75, 3.05) is 5.32 Å². The average Bonchev–Trinajstić information content (AvgIpc) is 3.15. The van der Waals surface area contributed by atoms with Crippen LogP contribution in [-0.4, -0.2) is 34.4 Å². The molecule has 1 N–H and O–H groups in total. The van der Waals surface area contributed by atoms with Crippen LogP contribution in [-0.2, 0) is 16.1 Å². The molecule has 2 amide bonds. The zero-order valence-electron chi connectivity index (χ0n) is 13.9. The summed E-state index contributed by atoms with van der Waals surface area (Å²) in [5.41, 5.74) is 0.727. The lowest BCUT2D eigenvalue weighted by atomic mass is 10.1. The number of aromatic nitrogens is 1. The molecule has 2 heterocycles. The summed E-state index contributed by atoms with van der Waals surface area (Å²) in [6, 6.07) is 5.44. The number of carbonyl (C=O) groups excluding carboxylic acids is 2. The zero-order valence-corrected chi connectivity index (χ0v) is 14.8. The summed E-state index contributed by atoms with van der Waals surface area (Å²) in [6.45, 7) is -0.772. The highest BCUT2D eigenvalue weighted by atomic mass is 32.1. The van der Waals surface area contributed by atoms with Crippen molar-refractivity contribution >= 4 is 28.3 Å². The maximum absolute atomic E-state index is 12.5. The maximum atomic E-state index is 12.5. The SMILES string of the molecule is Cc1cnc(NC(=O)[C@H]2CCC(=O)N2Cc2ccc(OC(F)F)cc2)s1. The number of alkyl halides is 2. The molecular weight excluding hydrogens is 364 g/mol. The predicted molar refractivity (Wildman–Crippen MR) is 92.1 cm³/mol. The fourth-order valence-corrected chi connectivity index (χ4v) is 3.45. The van der Waals surface area contributed by atoms with Gasteiger partial charge in [0.2, 0.25) is 11.8 Å². The molecule has 0 bridgehead atoms. The van der Waals surface area contributed by atoms with Crippen LogP contribution < -0.4 is 10.1 Å². The van der Waals surface area contributed by atoms with Crippen LogP contribution in [0, 0.1) is 6.92 Å². The van der Waals surface area contributed by atoms with E-state index in [-0.39, 0.29) is 24.1 Å². The third-order valence-electron chi connectivity index (χ3n) is 3.98. The number of aryl methyl sites for hydroxylation is 1. The van der Waals surface area contributed by atoms with E-state index >= 15 is 0 Å². The Kier molecular flexibility index (Phi) is 5.46. The highest BCUT2D eigenvalue weighted by Gasteiger charge is 2.36. The Morgan fingerprint density at radius 3 is 2.77 bits per heavy atom. The first-order valence-corrected chi connectivity index (χ1v) is 8.80. The number of ether oxygens (including phenoxy) is 1. The number of rotatable bonds is 6. The summed E-state index contributed by atoms with van der Waals surface area (Å²) >= 11 is 1.37. The second-order valence-corrected chi connectivity index (χ2v) is 7.10. The van der Waals surface area contributed by atoms with E-state index in [1.54, 1.807) is 18.3 Å². The predicted octanol–water partition coefficient (Wildman–Crippen LogP) is 3.18. The molecule has 3 rings (SSSR count). The van der Waals surface area contributed by atoms with Gasteiger partial charge in [-0.3, -0.25) is 9.59 Å². The molecule has 1 aromatic heterocycles. The standard InChI is InChI=1S/C17H17F2N3O3S/c1-10-8-20-17(26-10)21-15(24)13-6-7-14(23)22(13)9-11-2-4-12(5-3-11)25-16(18)19/h2-5,8,13,16H,6-7,9H2,1H3,(H,20,21,24)/t13-/m1/s1. The first-order chi connectivity index (χ1) is 12.4. The number of nitrogens with zero attached hydrogens (tertiary/aromatic N) is 2. The van der Waals surface area contributed by atoms with Crippen molar-refractivity contribution in [3.05, 3.63) is 40.9 Å². The number of anilines is 1. The minimum Gasteiger partial charge on any atom is -0.435 e. The van der Waals surface area contributed by atoms with Crippen LogP contribution in [0.3, 0.4) is 0 Å². The highest BCUT2D eigenvalue weighted by Crippen LogP contribution is 2.25. The Labute approximate surface area is 152 Å². The first-order valence-electron chi connectivity index (χ1n) is 7.99. The molecule has 0 unspecified atom stereocenters. The van der Waals surface area contributed by atoms with Crippen LogP contribution in [0.2, 0.25) is 0 Å². The normalized spacial score (nSPS) is 17.0. The van der Waals surface area contributed by atoms with E-state index in [2.05, 4.69) is 15.0 Å². The third kappa shape index (κ3) is 4.34. The molecule has 1 aromatic carbocycles. The van der Waals surface area contributed by atoms with Gasteiger partial charge in [-0.15, -0.1) is 11.3 Å². The van der Waals surface area contributed by atoms with E-state index in [1.165, 1.54) is 28.4 Å². The van der Waals surface area contributed by atoms with Gasteiger partial charge in [-0.25, -0.2) is 4.98 Å². The topological polar surface area (TPSA) is 71.5 Å². The Bertz CT molecular complexity index is 795. The summed E-state index contributed by atoms with van der Waals surface area (Å²) in [5.74, 6) is -0.346. The van der Waals surface area contributed by atoms with Gasteiger partial charge in [0.15, 0.2) is 5.13 Å². The lowest BCUT2D eigenvalue weighted by Crippen LogP contribution is -2.41. The van der Waals surface area contributed by atoms with Crippen molar-refractivity contribution in [2.45, 2.75) is 39.0 Å². The molecule has 1 fully saturated rings. The average molecular weight is 381 g/mol. The van der Waals surface area contributed by atoms with Crippen molar-refractivity contribution in [2.24, 2.45) is 0 Å². The molecule has 0 radical (unpaired) electrons. The van der Waals surface area contributed by atoms with E-state index in [0.29, 0.717) is 18.0 Å². The summed E-state index contributed by atoms with van der Waals surface area (Å²) in [7, 11) is 0. The Morgan fingerprint density at radius 2 is 2.15 bits per heavy atom. The van der Waals surface area contributed by atoms with Gasteiger partial charge in [-0.05, 0) is 31.0 Å². The van der Waals surface area contributed by atoms with Crippen LogP contribution >= 0.6 is 11.3 Å². The number of nitrogens with one attached hydrogen (secondary N) is 1. The van der Waals surface area contributed by atoms with Gasteiger partial charge in [0.25, 0.3) is 0 Å². The van der Waals surface area contributed by atoms with E-state index in [1.807, 2.05) is 6.92 Å². The number of amides is 2. The number of likely N-dealkylation sites (tertiary alicyclic amines) is 1. The van der Waals surface area contributed by atoms with Gasteiger partial charge in [-0.1, -0.05) is 12.1 Å². The lowest BCUT2D eigenvalue weighted by Gasteiger charge is -2.23. The number of benzene rings is 1. The van der Waals surface area contributed by atoms with Gasteiger partial charge in [0.1, 0.15) is 11.8 Å². The zero-order chi connectivity index (χ0) is 18.7. The molecule has 0 aliphatic carbocycles. The van der Waals surface area contributed by atoms with Crippen LogP contribution in [0.4, 0.5) is 13.9 Å². The Morgan fingerprint density at radius 1 is 1.42 bits per heavy atom. The fraction of sp³-hybridized carbons (Fsp3) is 0.353. The number of thiazole rings is 1. The van der Waals surface area contributed by atoms with E-state index in [4.69, 9.17) is 0 Å². The van der Waals surface area contributed by atoms with Gasteiger partial charge in [0.05, 0.1) is 0 Å². The summed E-state index contributed by atoms with van der Waals surface area (Å²) in [5, 5.41) is 3.24. The van der Waals surface area contributed by atoms with Crippen LogP contribution in [0.1, 0.15) is 23.3 Å². The van der Waals surface area contributed by atoms with Crippen molar-refractivity contribution in [1.82, 2.24) is 9.88 Å². The fourth-order valence-electron chi connectivity index (χ4n) is 2.78. The molecule has 1 aliphatic heterocycles. The van der Waals surface area contributed by atoms with Gasteiger partial charge in [-0.2, -0.15) is 8.78 Å². The third-order valence-corrected chi connectivity index (χ3v) is 4.81. The van der Waals surface area contributed by atoms with Gasteiger partial charge in [0, 0.05) is 24.0 Å². The van der Waals surface area contributed by atoms with Crippen LogP contribution in [0.15, 0.2) is 30.5 Å². The molecule has 1 saturated heterocycles. The Hall–Kier alpha value is -2.55. The molecule has 0 spiro atoms. The molecular formula is C17H17F2N3O3S. The lowest BCUT2D eigenvalue weighted by molar-refractivity contribution is -0.133. The van der Waals surface area contributed by atoms with E-state index in [0.717, 1.165) is 10.4 Å². The first kappa shape index (κ1) is 18.2. The molecule has 6 nitrogen and oxygen atoms in total. The smallest absolute Gasteiger partial charge is 0.387 e.